The molecule has 0 aromatic heterocycles. The lowest BCUT2D eigenvalue weighted by Crippen LogP contribution is -2.39. The van der Waals surface area contributed by atoms with Crippen molar-refractivity contribution in [2.24, 2.45) is 0 Å². The van der Waals surface area contributed by atoms with Crippen molar-refractivity contribution in [3.63, 3.8) is 0 Å². The Kier molecular flexibility index (Phi) is 3.33. The van der Waals surface area contributed by atoms with Crippen LogP contribution in [0.4, 0.5) is 11.4 Å². The van der Waals surface area contributed by atoms with Crippen LogP contribution in [-0.2, 0) is 11.2 Å². The molecule has 0 spiro atoms. The van der Waals surface area contributed by atoms with E-state index >= 15 is 0 Å². The number of benzene rings is 2. The molecule has 1 unspecified atom stereocenters. The maximum atomic E-state index is 12.6. The lowest BCUT2D eigenvalue weighted by molar-refractivity contribution is -0.118. The number of hydrogen-bond donors (Lipinski definition) is 1. The Bertz CT molecular complexity index is 708. The second-order valence-corrected chi connectivity index (χ2v) is 5.12. The molecule has 1 N–H and O–H groups in total. The maximum absolute atomic E-state index is 12.6. The van der Waals surface area contributed by atoms with Gasteiger partial charge in [0, 0.05) is 24.8 Å². The van der Waals surface area contributed by atoms with Gasteiger partial charge in [-0.25, -0.2) is 0 Å². The average molecular weight is 277 g/mol. The van der Waals surface area contributed by atoms with Gasteiger partial charge in [0.1, 0.15) is 6.04 Å². The van der Waals surface area contributed by atoms with Gasteiger partial charge in [-0.2, -0.15) is 5.26 Å². The highest BCUT2D eigenvalue weighted by Crippen LogP contribution is 2.27. The lowest BCUT2D eigenvalue weighted by Gasteiger charge is -2.21. The van der Waals surface area contributed by atoms with Crippen LogP contribution in [0.25, 0.3) is 0 Å². The number of carbonyl (C=O) groups is 1. The van der Waals surface area contributed by atoms with E-state index in [0.29, 0.717) is 12.0 Å². The van der Waals surface area contributed by atoms with Gasteiger partial charge in [0.2, 0.25) is 5.91 Å². The second-order valence-electron chi connectivity index (χ2n) is 5.12. The summed E-state index contributed by atoms with van der Waals surface area (Å²) in [6.45, 7) is 0. The van der Waals surface area contributed by atoms with Crippen molar-refractivity contribution in [2.45, 2.75) is 12.5 Å². The van der Waals surface area contributed by atoms with E-state index < -0.39 is 0 Å². The van der Waals surface area contributed by atoms with Crippen molar-refractivity contribution in [3.05, 3.63) is 59.7 Å². The van der Waals surface area contributed by atoms with Crippen LogP contribution in [0.5, 0.6) is 0 Å². The van der Waals surface area contributed by atoms with Crippen LogP contribution in [0.15, 0.2) is 48.5 Å². The van der Waals surface area contributed by atoms with Gasteiger partial charge >= 0.3 is 0 Å². The van der Waals surface area contributed by atoms with Gasteiger partial charge in [-0.1, -0.05) is 24.3 Å². The summed E-state index contributed by atoms with van der Waals surface area (Å²) in [6.07, 6.45) is 0.692. The third-order valence-corrected chi connectivity index (χ3v) is 3.76. The summed E-state index contributed by atoms with van der Waals surface area (Å²) < 4.78 is 0. The molecular formula is C17H15N3O. The fraction of sp³-hybridized carbons (Fsp3) is 0.176. The third-order valence-electron chi connectivity index (χ3n) is 3.76. The molecule has 2 aromatic rings. The number of anilines is 2. The molecule has 1 aliphatic rings. The third kappa shape index (κ3) is 2.46. The highest BCUT2D eigenvalue weighted by molar-refractivity contribution is 5.99. The molecule has 1 amide bonds. The largest absolute Gasteiger partial charge is 0.373 e. The van der Waals surface area contributed by atoms with Gasteiger partial charge in [-0.05, 0) is 29.8 Å². The Balaban J connectivity index is 1.79. The fourth-order valence-electron chi connectivity index (χ4n) is 2.59. The summed E-state index contributed by atoms with van der Waals surface area (Å²) in [5.41, 5.74) is 3.47. The van der Waals surface area contributed by atoms with Gasteiger partial charge in [-0.3, -0.25) is 4.79 Å². The molecule has 4 nitrogen and oxygen atoms in total. The molecule has 0 radical (unpaired) electrons. The second kappa shape index (κ2) is 5.29. The zero-order chi connectivity index (χ0) is 14.8. The first-order valence-corrected chi connectivity index (χ1v) is 6.81. The fourth-order valence-corrected chi connectivity index (χ4v) is 2.59. The van der Waals surface area contributed by atoms with Gasteiger partial charge in [0.05, 0.1) is 11.6 Å². The normalized spacial score (nSPS) is 15.7. The molecule has 4 heteroatoms. The topological polar surface area (TPSA) is 56.1 Å². The minimum atomic E-state index is -0.252. The molecule has 0 fully saturated rings. The Hall–Kier alpha value is -2.80. The summed E-state index contributed by atoms with van der Waals surface area (Å²) in [5.74, 6) is 0.00119. The van der Waals surface area contributed by atoms with Crippen molar-refractivity contribution in [3.8, 4) is 6.07 Å². The predicted octanol–water partition coefficient (Wildman–Crippen LogP) is 2.56. The minimum absolute atomic E-state index is 0.00119. The van der Waals surface area contributed by atoms with Crippen LogP contribution in [0.1, 0.15) is 11.1 Å². The number of amides is 1. The SMILES string of the molecule is CN(C(=O)C1Cc2ccccc2N1)c1cccc(C#N)c1. The number of nitrogens with zero attached hydrogens (tertiary/aromatic N) is 2. The van der Waals surface area contributed by atoms with Crippen molar-refractivity contribution in [1.82, 2.24) is 0 Å². The van der Waals surface area contributed by atoms with Crippen molar-refractivity contribution in [1.29, 1.82) is 5.26 Å². The summed E-state index contributed by atoms with van der Waals surface area (Å²) >= 11 is 0. The van der Waals surface area contributed by atoms with E-state index in [1.165, 1.54) is 0 Å². The van der Waals surface area contributed by atoms with Crippen LogP contribution < -0.4 is 10.2 Å². The summed E-state index contributed by atoms with van der Waals surface area (Å²) in [5, 5.41) is 12.2. The molecular weight excluding hydrogens is 262 g/mol. The Labute approximate surface area is 123 Å². The zero-order valence-corrected chi connectivity index (χ0v) is 11.7. The number of carbonyl (C=O) groups excluding carboxylic acids is 1. The molecule has 1 atom stereocenters. The van der Waals surface area contributed by atoms with Crippen LogP contribution >= 0.6 is 0 Å². The number of nitrogens with one attached hydrogen (secondary N) is 1. The number of nitriles is 1. The standard InChI is InChI=1S/C17H15N3O/c1-20(14-7-4-5-12(9-14)11-18)17(21)16-10-13-6-2-3-8-15(13)19-16/h2-9,16,19H,10H2,1H3. The van der Waals surface area contributed by atoms with E-state index in [1.54, 1.807) is 30.1 Å². The summed E-state index contributed by atoms with van der Waals surface area (Å²) in [6, 6.07) is 16.9. The first-order chi connectivity index (χ1) is 10.2. The zero-order valence-electron chi connectivity index (χ0n) is 11.7. The number of para-hydroxylation sites is 1. The van der Waals surface area contributed by atoms with Crippen molar-refractivity contribution < 1.29 is 4.79 Å². The summed E-state index contributed by atoms with van der Waals surface area (Å²) in [7, 11) is 1.74. The van der Waals surface area contributed by atoms with Gasteiger partial charge in [-0.15, -0.1) is 0 Å². The van der Waals surface area contributed by atoms with Crippen LogP contribution in [0.3, 0.4) is 0 Å². The van der Waals surface area contributed by atoms with Crippen LogP contribution in [0, 0.1) is 11.3 Å². The molecule has 1 heterocycles. The average Bonchev–Trinajstić information content (AvgIpc) is 2.97. The molecule has 3 rings (SSSR count). The van der Waals surface area contributed by atoms with Gasteiger partial charge in [0.15, 0.2) is 0 Å². The van der Waals surface area contributed by atoms with Gasteiger partial charge < -0.3 is 10.2 Å². The van der Waals surface area contributed by atoms with Gasteiger partial charge in [0.25, 0.3) is 0 Å². The lowest BCUT2D eigenvalue weighted by atomic mass is 10.1. The summed E-state index contributed by atoms with van der Waals surface area (Å²) in [4.78, 5) is 14.2. The van der Waals surface area contributed by atoms with E-state index in [2.05, 4.69) is 11.4 Å². The molecule has 1 aliphatic heterocycles. The number of hydrogen-bond acceptors (Lipinski definition) is 3. The highest BCUT2D eigenvalue weighted by Gasteiger charge is 2.29. The minimum Gasteiger partial charge on any atom is -0.373 e. The molecule has 0 saturated heterocycles. The van der Waals surface area contributed by atoms with Crippen molar-refractivity contribution >= 4 is 17.3 Å². The van der Waals surface area contributed by atoms with E-state index in [9.17, 15) is 4.79 Å². The molecule has 0 bridgehead atoms. The smallest absolute Gasteiger partial charge is 0.249 e. The van der Waals surface area contributed by atoms with E-state index in [0.717, 1.165) is 16.9 Å². The van der Waals surface area contributed by atoms with Crippen molar-refractivity contribution in [2.75, 3.05) is 17.3 Å². The molecule has 2 aromatic carbocycles. The highest BCUT2D eigenvalue weighted by atomic mass is 16.2. The van der Waals surface area contributed by atoms with Crippen LogP contribution in [0.2, 0.25) is 0 Å². The Morgan fingerprint density at radius 2 is 2.10 bits per heavy atom. The van der Waals surface area contributed by atoms with E-state index in [1.807, 2.05) is 30.3 Å². The monoisotopic (exact) mass is 277 g/mol. The van der Waals surface area contributed by atoms with E-state index in [-0.39, 0.29) is 11.9 Å². The quantitative estimate of drug-likeness (QED) is 0.917. The Morgan fingerprint density at radius 1 is 1.29 bits per heavy atom. The predicted molar refractivity (Wildman–Crippen MR) is 82.1 cm³/mol. The molecule has 0 saturated carbocycles. The first kappa shape index (κ1) is 13.2. The number of fused-ring (bicyclic) bond motifs is 1. The number of rotatable bonds is 2. The molecule has 21 heavy (non-hydrogen) atoms. The maximum Gasteiger partial charge on any atom is 0.249 e. The van der Waals surface area contributed by atoms with E-state index in [4.69, 9.17) is 5.26 Å². The van der Waals surface area contributed by atoms with Crippen LogP contribution in [-0.4, -0.2) is 19.0 Å². The molecule has 104 valence electrons. The first-order valence-electron chi connectivity index (χ1n) is 6.81. The Morgan fingerprint density at radius 3 is 2.86 bits per heavy atom. The molecule has 0 aliphatic carbocycles. The number of likely N-dealkylation sites (N-methyl/N-ethyl adjacent to an activating group) is 1.